The Balaban J connectivity index is 0. The average Bonchev–Trinajstić information content (AvgIpc) is 2.11. The number of rotatable bonds is 6. The van der Waals surface area contributed by atoms with E-state index in [0.29, 0.717) is 0 Å². The number of likely N-dealkylation sites (N-methyl/N-ethyl adjacent to an activating group) is 1. The molecule has 5 nitrogen and oxygen atoms in total. The van der Waals surface area contributed by atoms with E-state index in [2.05, 4.69) is 11.3 Å². The van der Waals surface area contributed by atoms with Crippen LogP contribution in [0, 0.1) is 0 Å². The second kappa shape index (κ2) is 7.60. The van der Waals surface area contributed by atoms with Gasteiger partial charge >= 0.3 is 5.97 Å². The molecule has 0 aliphatic carbocycles. The number of ether oxygens (including phenoxy) is 1. The fraction of sp³-hybridized carbons (Fsp3) is 0.571. The van der Waals surface area contributed by atoms with Crippen LogP contribution in [-0.2, 0) is 20.8 Å². The van der Waals surface area contributed by atoms with Gasteiger partial charge in [-0.3, -0.25) is 4.21 Å². The van der Waals surface area contributed by atoms with Crippen molar-refractivity contribution in [2.24, 2.45) is 0 Å². The van der Waals surface area contributed by atoms with Gasteiger partial charge < -0.3 is 9.29 Å². The van der Waals surface area contributed by atoms with E-state index in [1.807, 2.05) is 0 Å². The molecule has 0 saturated heterocycles. The van der Waals surface area contributed by atoms with E-state index in [0.717, 1.165) is 4.31 Å². The maximum absolute atomic E-state index is 12.1. The first-order valence-corrected chi connectivity index (χ1v) is 4.88. The van der Waals surface area contributed by atoms with Crippen LogP contribution in [0.4, 0.5) is 4.39 Å². The summed E-state index contributed by atoms with van der Waals surface area (Å²) in [7, 11) is 0. The Hall–Kier alpha value is -1.79. The van der Waals surface area contributed by atoms with Crippen LogP contribution >= 0.6 is 0 Å². The number of carbonyl (C=O) groups is 1. The standard InChI is InChI=1S/C7H12FNO4S.Rf/c1-3-9(14(11)12)4-5-13-7(10)6(2)8;/h2-5H2,1H3,(H,11,12);/p-1. The van der Waals surface area contributed by atoms with Crippen LogP contribution in [-0.4, -0.2) is 38.7 Å². The molecule has 0 aromatic carbocycles. The Kier molecular flexibility index (Phi) is 7.94. The van der Waals surface area contributed by atoms with Gasteiger partial charge in [-0.25, -0.2) is 9.10 Å². The van der Waals surface area contributed by atoms with Crippen LogP contribution in [0.5, 0.6) is 0 Å². The zero-order valence-corrected chi connectivity index (χ0v) is 15.6. The van der Waals surface area contributed by atoms with Gasteiger partial charge in [0.05, 0.1) is 0 Å². The van der Waals surface area contributed by atoms with Gasteiger partial charge in [0.2, 0.25) is 5.83 Å². The second-order valence-corrected chi connectivity index (χ2v) is 3.23. The van der Waals surface area contributed by atoms with Crippen LogP contribution in [0.2, 0.25) is 0 Å². The molecule has 0 aromatic heterocycles. The van der Waals surface area contributed by atoms with Gasteiger partial charge in [-0.1, -0.05) is 13.5 Å². The third-order valence-electron chi connectivity index (χ3n) is 1.36. The molecule has 0 bridgehead atoms. The van der Waals surface area contributed by atoms with Crippen molar-refractivity contribution in [1.82, 2.24) is 4.31 Å². The van der Waals surface area contributed by atoms with Gasteiger partial charge in [-0.2, -0.15) is 4.39 Å². The van der Waals surface area contributed by atoms with E-state index in [1.54, 1.807) is 6.92 Å². The summed E-state index contributed by atoms with van der Waals surface area (Å²) in [5, 5.41) is 0. The third-order valence-corrected chi connectivity index (χ3v) is 2.22. The molecule has 0 radical (unpaired) electrons. The number of hydrogen-bond donors (Lipinski definition) is 0. The van der Waals surface area contributed by atoms with Crippen LogP contribution < -0.4 is 0 Å². The molecule has 0 aliphatic rings. The van der Waals surface area contributed by atoms with Gasteiger partial charge in [-0.05, 0) is 0 Å². The summed E-state index contributed by atoms with van der Waals surface area (Å²) in [5.74, 6) is -2.37. The molecule has 1 atom stereocenters. The maximum atomic E-state index is 12.1. The molecule has 0 N–H and O–H groups in total. The molecule has 0 aliphatic heterocycles. The molecule has 0 heterocycles. The number of carbonyl (C=O) groups excluding carboxylic acids is 1. The first-order chi connectivity index (χ1) is 6.49. The van der Waals surface area contributed by atoms with Crippen molar-refractivity contribution in [3.8, 4) is 0 Å². The van der Waals surface area contributed by atoms with Crippen LogP contribution in [0.1, 0.15) is 6.92 Å². The summed E-state index contributed by atoms with van der Waals surface area (Å²) in [4.78, 5) is 10.5. The van der Waals surface area contributed by atoms with Gasteiger partial charge in [0.25, 0.3) is 0 Å². The zero-order valence-electron chi connectivity index (χ0n) is 8.40. The summed E-state index contributed by atoms with van der Waals surface area (Å²) in [5.41, 5.74) is 0. The summed E-state index contributed by atoms with van der Waals surface area (Å²) < 4.78 is 38.3. The molecule has 0 fully saturated rings. The first-order valence-electron chi connectivity index (χ1n) is 3.84. The SMILES string of the molecule is C=C(F)C(=O)OCCN(CC)S(=O)[O-].[Rf]. The molecule has 0 rings (SSSR count). The Morgan fingerprint density at radius 3 is 2.53 bits per heavy atom. The first kappa shape index (κ1) is 15.7. The average molecular weight is 491 g/mol. The summed E-state index contributed by atoms with van der Waals surface area (Å²) in [6.07, 6.45) is 0. The van der Waals surface area contributed by atoms with Crippen molar-refractivity contribution in [2.75, 3.05) is 19.7 Å². The topological polar surface area (TPSA) is 69.7 Å². The quantitative estimate of drug-likeness (QED) is 0.301. The fourth-order valence-electron chi connectivity index (χ4n) is 0.657. The third kappa shape index (κ3) is 6.30. The zero-order chi connectivity index (χ0) is 11.1. The molecular formula is C7H11FNO4RfS-. The summed E-state index contributed by atoms with van der Waals surface area (Å²) in [6.45, 7) is 4.45. The Morgan fingerprint density at radius 1 is 1.67 bits per heavy atom. The van der Waals surface area contributed by atoms with E-state index >= 15 is 0 Å². The predicted molar refractivity (Wildman–Crippen MR) is 47.4 cm³/mol. The summed E-state index contributed by atoms with van der Waals surface area (Å²) >= 11 is -2.35. The van der Waals surface area contributed by atoms with Crippen molar-refractivity contribution in [2.45, 2.75) is 6.92 Å². The normalized spacial score (nSPS) is 11.7. The van der Waals surface area contributed by atoms with E-state index < -0.39 is 23.1 Å². The van der Waals surface area contributed by atoms with Gasteiger partial charge in [-0.15, -0.1) is 0 Å². The molecule has 0 saturated carbocycles. The number of hydrogen-bond acceptors (Lipinski definition) is 4. The maximum Gasteiger partial charge on any atom is 0.366 e. The Bertz CT molecular complexity index is 251. The molecule has 0 spiro atoms. The summed E-state index contributed by atoms with van der Waals surface area (Å²) in [6, 6.07) is 0. The fourth-order valence-corrected chi connectivity index (χ4v) is 1.09. The van der Waals surface area contributed by atoms with E-state index in [4.69, 9.17) is 0 Å². The number of halogens is 1. The van der Waals surface area contributed by atoms with Crippen LogP contribution in [0.15, 0.2) is 12.4 Å². The van der Waals surface area contributed by atoms with Crippen LogP contribution in [0.3, 0.4) is 0 Å². The molecule has 0 amide bonds. The minimum absolute atomic E-state index is 0. The largest absolute Gasteiger partial charge is 0.760 e. The molecule has 84 valence electrons. The Morgan fingerprint density at radius 2 is 2.20 bits per heavy atom. The van der Waals surface area contributed by atoms with Gasteiger partial charge in [0, 0.05) is 24.4 Å². The number of esters is 1. The molecule has 15 heavy (non-hydrogen) atoms. The van der Waals surface area contributed by atoms with Crippen molar-refractivity contribution < 1.29 is 22.7 Å². The van der Waals surface area contributed by atoms with E-state index in [1.165, 1.54) is 0 Å². The van der Waals surface area contributed by atoms with Crippen LogP contribution in [0.25, 0.3) is 0 Å². The Labute approximate surface area is 84.0 Å². The molecule has 0 aromatic rings. The predicted octanol–water partition coefficient (Wildman–Crippen LogP) is 0.129. The van der Waals surface area contributed by atoms with E-state index in [9.17, 15) is 17.9 Å². The molecular weight excluding hydrogens is 480 g/mol. The molecule has 8 heteroatoms. The monoisotopic (exact) mass is 491 g/mol. The van der Waals surface area contributed by atoms with Crippen molar-refractivity contribution in [3.05, 3.63) is 12.4 Å². The minimum atomic E-state index is -2.35. The van der Waals surface area contributed by atoms with Gasteiger partial charge in [0.15, 0.2) is 0 Å². The number of nitrogens with zero attached hydrogens (tertiary/aromatic N) is 1. The van der Waals surface area contributed by atoms with Crippen molar-refractivity contribution in [3.63, 3.8) is 0 Å². The van der Waals surface area contributed by atoms with E-state index in [-0.39, 0.29) is 19.7 Å². The van der Waals surface area contributed by atoms with Crippen molar-refractivity contribution in [1.29, 1.82) is 0 Å². The second-order valence-electron chi connectivity index (χ2n) is 2.28. The minimum Gasteiger partial charge on any atom is -0.760 e. The molecule has 1 unspecified atom stereocenters. The van der Waals surface area contributed by atoms with Gasteiger partial charge in [0.1, 0.15) is 6.61 Å². The van der Waals surface area contributed by atoms with Crippen molar-refractivity contribution >= 4 is 17.2 Å². The smallest absolute Gasteiger partial charge is 0.366 e.